The van der Waals surface area contributed by atoms with Crippen LogP contribution in [0.25, 0.3) is 0 Å². The second-order valence-electron chi connectivity index (χ2n) is 10.8. The van der Waals surface area contributed by atoms with Crippen LogP contribution in [-0.4, -0.2) is 35.4 Å². The maximum absolute atomic E-state index is 14.0. The van der Waals surface area contributed by atoms with Crippen molar-refractivity contribution in [2.24, 2.45) is 0 Å². The number of carbonyl (C=O) groups excluding carboxylic acids is 2. The van der Waals surface area contributed by atoms with Gasteiger partial charge in [0.2, 0.25) is 5.91 Å². The number of nitrogens with one attached hydrogen (secondary N) is 1. The Morgan fingerprint density at radius 2 is 1.62 bits per heavy atom. The summed E-state index contributed by atoms with van der Waals surface area (Å²) in [6, 6.07) is 18.4. The minimum Gasteiger partial charge on any atom is -0.483 e. The number of ether oxygens (including phenoxy) is 1. The first-order valence-corrected chi connectivity index (χ1v) is 14.8. The van der Waals surface area contributed by atoms with Crippen LogP contribution in [0.3, 0.4) is 0 Å². The van der Waals surface area contributed by atoms with Crippen LogP contribution >= 0.6 is 23.2 Å². The number of nitrogens with zero attached hydrogens (tertiary/aromatic N) is 1. The first kappa shape index (κ1) is 30.0. The molecule has 4 rings (SSSR count). The minimum atomic E-state index is -0.770. The summed E-state index contributed by atoms with van der Waals surface area (Å²) in [7, 11) is 0. The fourth-order valence-corrected chi connectivity index (χ4v) is 5.84. The highest BCUT2D eigenvalue weighted by Gasteiger charge is 2.33. The summed E-state index contributed by atoms with van der Waals surface area (Å²) in [5, 5.41) is 4.14. The number of halogens is 2. The van der Waals surface area contributed by atoms with Gasteiger partial charge >= 0.3 is 0 Å². The maximum atomic E-state index is 14.0. The molecule has 0 radical (unpaired) electrons. The molecule has 0 aliphatic heterocycles. The molecule has 0 saturated heterocycles. The van der Waals surface area contributed by atoms with Gasteiger partial charge in [0.15, 0.2) is 6.61 Å². The van der Waals surface area contributed by atoms with Crippen LogP contribution in [0.2, 0.25) is 10.0 Å². The zero-order valence-electron chi connectivity index (χ0n) is 23.5. The second-order valence-corrected chi connectivity index (χ2v) is 11.6. The molecule has 2 amide bonds. The molecule has 40 heavy (non-hydrogen) atoms. The number of amides is 2. The average molecular weight is 582 g/mol. The van der Waals surface area contributed by atoms with Gasteiger partial charge < -0.3 is 15.0 Å². The van der Waals surface area contributed by atoms with Crippen molar-refractivity contribution >= 4 is 35.0 Å². The van der Waals surface area contributed by atoms with Gasteiger partial charge in [0.1, 0.15) is 11.8 Å². The van der Waals surface area contributed by atoms with Crippen LogP contribution in [0.4, 0.5) is 0 Å². The van der Waals surface area contributed by atoms with E-state index in [4.69, 9.17) is 27.9 Å². The van der Waals surface area contributed by atoms with Crippen LogP contribution in [0.5, 0.6) is 5.75 Å². The lowest BCUT2D eigenvalue weighted by Crippen LogP contribution is -2.53. The van der Waals surface area contributed by atoms with Crippen molar-refractivity contribution in [3.8, 4) is 5.75 Å². The number of rotatable bonds is 10. The van der Waals surface area contributed by atoms with Crippen LogP contribution in [0, 0.1) is 20.8 Å². The molecule has 212 valence electrons. The Balaban J connectivity index is 1.67. The van der Waals surface area contributed by atoms with Gasteiger partial charge in [0, 0.05) is 34.6 Å². The van der Waals surface area contributed by atoms with Crippen molar-refractivity contribution in [2.75, 3.05) is 6.61 Å². The molecule has 1 fully saturated rings. The smallest absolute Gasteiger partial charge is 0.261 e. The molecule has 1 N–H and O–H groups in total. The Morgan fingerprint density at radius 1 is 0.950 bits per heavy atom. The molecule has 1 aliphatic carbocycles. The summed E-state index contributed by atoms with van der Waals surface area (Å²) in [6.45, 7) is 5.87. The fourth-order valence-electron chi connectivity index (χ4n) is 5.33. The molecule has 7 heteroatoms. The molecule has 1 atom stereocenters. The van der Waals surface area contributed by atoms with E-state index < -0.39 is 6.04 Å². The Morgan fingerprint density at radius 3 is 2.30 bits per heavy atom. The SMILES string of the molecule is Cc1cc(C)c(C)c(OCC(=O)N(Cc2c(Cl)cccc2Cl)[C@H](Cc2ccccc2)C(=O)NC2CCCCC2)c1. The van der Waals surface area contributed by atoms with E-state index in [2.05, 4.69) is 11.4 Å². The van der Waals surface area contributed by atoms with E-state index in [0.717, 1.165) is 47.9 Å². The summed E-state index contributed by atoms with van der Waals surface area (Å²) >= 11 is 13.1. The molecule has 3 aromatic carbocycles. The van der Waals surface area contributed by atoms with E-state index >= 15 is 0 Å². The van der Waals surface area contributed by atoms with Crippen molar-refractivity contribution in [3.05, 3.63) is 98.5 Å². The Labute approximate surface area is 247 Å². The third-order valence-corrected chi connectivity index (χ3v) is 8.44. The second kappa shape index (κ2) is 14.0. The van der Waals surface area contributed by atoms with Crippen molar-refractivity contribution in [3.63, 3.8) is 0 Å². The highest BCUT2D eigenvalue weighted by Crippen LogP contribution is 2.28. The Hall–Kier alpha value is -3.02. The normalized spacial score (nSPS) is 14.4. The van der Waals surface area contributed by atoms with Gasteiger partial charge in [0.05, 0.1) is 0 Å². The minimum absolute atomic E-state index is 0.0854. The van der Waals surface area contributed by atoms with Crippen LogP contribution < -0.4 is 10.1 Å². The molecule has 0 heterocycles. The van der Waals surface area contributed by atoms with Gasteiger partial charge in [-0.05, 0) is 74.1 Å². The summed E-state index contributed by atoms with van der Waals surface area (Å²) in [5.41, 5.74) is 4.69. The Kier molecular flexibility index (Phi) is 10.5. The average Bonchev–Trinajstić information content (AvgIpc) is 2.94. The summed E-state index contributed by atoms with van der Waals surface area (Å²) in [6.07, 6.45) is 5.62. The van der Waals surface area contributed by atoms with Gasteiger partial charge in [-0.1, -0.05) is 84.9 Å². The maximum Gasteiger partial charge on any atom is 0.261 e. The van der Waals surface area contributed by atoms with Crippen molar-refractivity contribution in [1.29, 1.82) is 0 Å². The topological polar surface area (TPSA) is 58.6 Å². The number of benzene rings is 3. The first-order chi connectivity index (χ1) is 19.2. The van der Waals surface area contributed by atoms with Gasteiger partial charge in [-0.2, -0.15) is 0 Å². The van der Waals surface area contributed by atoms with E-state index in [1.165, 1.54) is 6.42 Å². The van der Waals surface area contributed by atoms with E-state index in [-0.39, 0.29) is 31.0 Å². The lowest BCUT2D eigenvalue weighted by Gasteiger charge is -2.34. The highest BCUT2D eigenvalue weighted by molar-refractivity contribution is 6.36. The molecule has 0 bridgehead atoms. The highest BCUT2D eigenvalue weighted by atomic mass is 35.5. The molecule has 1 aliphatic rings. The molecular formula is C33H38Cl2N2O3. The number of aryl methyl sites for hydroxylation is 2. The monoisotopic (exact) mass is 580 g/mol. The standard InChI is InChI=1S/C33H38Cl2N2O3/c1-22-17-23(2)24(3)31(18-22)40-21-32(38)37(20-27-28(34)15-10-16-29(27)35)30(19-25-11-6-4-7-12-25)33(39)36-26-13-8-5-9-14-26/h4,6-7,10-12,15-18,26,30H,5,8-9,13-14,19-21H2,1-3H3,(H,36,39)/t30-/m1/s1. The molecule has 0 aromatic heterocycles. The summed E-state index contributed by atoms with van der Waals surface area (Å²) < 4.78 is 6.08. The zero-order valence-corrected chi connectivity index (χ0v) is 25.0. The van der Waals surface area contributed by atoms with Crippen molar-refractivity contribution < 1.29 is 14.3 Å². The van der Waals surface area contributed by atoms with Crippen LogP contribution in [0.15, 0.2) is 60.7 Å². The zero-order chi connectivity index (χ0) is 28.6. The molecular weight excluding hydrogens is 543 g/mol. The number of carbonyl (C=O) groups is 2. The third-order valence-electron chi connectivity index (χ3n) is 7.73. The molecule has 3 aromatic rings. The van der Waals surface area contributed by atoms with Gasteiger partial charge in [-0.25, -0.2) is 0 Å². The Bertz CT molecular complexity index is 1300. The van der Waals surface area contributed by atoms with Crippen LogP contribution in [0.1, 0.15) is 59.9 Å². The lowest BCUT2D eigenvalue weighted by molar-refractivity contribution is -0.143. The quantitative estimate of drug-likeness (QED) is 0.272. The van der Waals surface area contributed by atoms with Crippen molar-refractivity contribution in [2.45, 2.75) is 77.9 Å². The lowest BCUT2D eigenvalue weighted by atomic mass is 9.94. The third kappa shape index (κ3) is 7.80. The predicted octanol–water partition coefficient (Wildman–Crippen LogP) is 7.39. The largest absolute Gasteiger partial charge is 0.483 e. The van der Waals surface area contributed by atoms with E-state index in [1.54, 1.807) is 23.1 Å². The molecule has 1 saturated carbocycles. The predicted molar refractivity (Wildman–Crippen MR) is 162 cm³/mol. The summed E-state index contributed by atoms with van der Waals surface area (Å²) in [5.74, 6) is 0.178. The molecule has 0 spiro atoms. The van der Waals surface area contributed by atoms with E-state index in [0.29, 0.717) is 27.8 Å². The summed E-state index contributed by atoms with van der Waals surface area (Å²) in [4.78, 5) is 29.5. The van der Waals surface area contributed by atoms with Gasteiger partial charge in [-0.3, -0.25) is 9.59 Å². The van der Waals surface area contributed by atoms with E-state index in [1.807, 2.05) is 57.2 Å². The number of hydrogen-bond acceptors (Lipinski definition) is 3. The van der Waals surface area contributed by atoms with Crippen LogP contribution in [-0.2, 0) is 22.6 Å². The molecule has 0 unspecified atom stereocenters. The van der Waals surface area contributed by atoms with E-state index in [9.17, 15) is 9.59 Å². The molecule has 5 nitrogen and oxygen atoms in total. The fraction of sp³-hybridized carbons (Fsp3) is 0.394. The first-order valence-electron chi connectivity index (χ1n) is 14.0. The number of hydrogen-bond donors (Lipinski definition) is 1. The van der Waals surface area contributed by atoms with Crippen molar-refractivity contribution in [1.82, 2.24) is 10.2 Å². The van der Waals surface area contributed by atoms with Gasteiger partial charge in [0.25, 0.3) is 5.91 Å². The van der Waals surface area contributed by atoms with Gasteiger partial charge in [-0.15, -0.1) is 0 Å².